The summed E-state index contributed by atoms with van der Waals surface area (Å²) in [6.45, 7) is 5.00. The van der Waals surface area contributed by atoms with Gasteiger partial charge in [-0.1, -0.05) is 125 Å². The highest BCUT2D eigenvalue weighted by Crippen LogP contribution is 2.48. The van der Waals surface area contributed by atoms with Crippen molar-refractivity contribution in [1.29, 1.82) is 0 Å². The summed E-state index contributed by atoms with van der Waals surface area (Å²) in [5.41, 5.74) is 2.81. The number of benzene rings is 2. The van der Waals surface area contributed by atoms with Gasteiger partial charge in [0, 0.05) is 11.1 Å². The number of fused-ring (bicyclic) bond motifs is 2. The summed E-state index contributed by atoms with van der Waals surface area (Å²) in [7, 11) is -3.67. The quantitative estimate of drug-likeness (QED) is 0.186. The predicted octanol–water partition coefficient (Wildman–Crippen LogP) is 8.73. The fraction of sp³-hybridized carbons (Fsp3) is 0.438. The lowest BCUT2D eigenvalue weighted by Gasteiger charge is -2.36. The number of carbonyl (C=O) groups excluding carboxylic acids is 2. The molecular formula is C32H40O4Si. The van der Waals surface area contributed by atoms with Gasteiger partial charge in [-0.25, -0.2) is 0 Å². The molecule has 196 valence electrons. The minimum Gasteiger partial charge on any atom is -0.469 e. The summed E-state index contributed by atoms with van der Waals surface area (Å²) in [6, 6.07) is 16.2. The molecular weight excluding hydrogens is 476 g/mol. The predicted molar refractivity (Wildman–Crippen MR) is 153 cm³/mol. The molecule has 0 fully saturated rings. The molecule has 0 aliphatic heterocycles. The van der Waals surface area contributed by atoms with E-state index in [-0.39, 0.29) is 22.3 Å². The normalized spacial score (nSPS) is 17.5. The first-order valence-corrected chi connectivity index (χ1v) is 16.2. The minimum absolute atomic E-state index is 0.337. The van der Waals surface area contributed by atoms with E-state index < -0.39 is 8.07 Å². The lowest BCUT2D eigenvalue weighted by Crippen LogP contribution is -2.61. The number of allylic oxidation sites excluding steroid dienone is 2. The molecule has 0 saturated carbocycles. The Morgan fingerprint density at radius 1 is 0.649 bits per heavy atom. The average molecular weight is 517 g/mol. The monoisotopic (exact) mass is 516 g/mol. The van der Waals surface area contributed by atoms with E-state index in [1.54, 1.807) is 0 Å². The number of hydrogen-bond acceptors (Lipinski definition) is 4. The molecule has 0 bridgehead atoms. The van der Waals surface area contributed by atoms with Crippen LogP contribution in [-0.2, 0) is 9.47 Å². The van der Waals surface area contributed by atoms with Crippen LogP contribution in [0.3, 0.4) is 0 Å². The Morgan fingerprint density at radius 2 is 1.08 bits per heavy atom. The van der Waals surface area contributed by atoms with E-state index in [9.17, 15) is 9.59 Å². The smallest absolute Gasteiger partial charge is 0.333 e. The van der Waals surface area contributed by atoms with Crippen molar-refractivity contribution < 1.29 is 19.1 Å². The van der Waals surface area contributed by atoms with Crippen LogP contribution in [-0.4, -0.2) is 32.5 Å². The van der Waals surface area contributed by atoms with Crippen LogP contribution < -0.4 is 0 Å². The number of hydrogen-bond donors (Lipinski definition) is 0. The third-order valence-corrected chi connectivity index (χ3v) is 12.3. The highest BCUT2D eigenvalue weighted by molar-refractivity contribution is 7.25. The van der Waals surface area contributed by atoms with Crippen molar-refractivity contribution in [3.63, 3.8) is 0 Å². The molecule has 2 aromatic rings. The lowest BCUT2D eigenvalue weighted by atomic mass is 10.1. The van der Waals surface area contributed by atoms with Gasteiger partial charge in [0.05, 0.1) is 13.2 Å². The molecule has 37 heavy (non-hydrogen) atoms. The van der Waals surface area contributed by atoms with E-state index in [2.05, 4.69) is 62.4 Å². The Balaban J connectivity index is 1.74. The maximum Gasteiger partial charge on any atom is 0.333 e. The average Bonchev–Trinajstić information content (AvgIpc) is 3.55. The van der Waals surface area contributed by atoms with Gasteiger partial charge in [-0.15, -0.1) is 0 Å². The molecule has 0 saturated heterocycles. The molecule has 0 aromatic heterocycles. The van der Waals surface area contributed by atoms with Crippen LogP contribution in [0.4, 0.5) is 9.59 Å². The van der Waals surface area contributed by atoms with Gasteiger partial charge >= 0.3 is 8.07 Å². The SMILES string of the molecule is CCCCCCOC(=O)[Si](C(=O)OCCCCCC)(C1C=Cc2ccccc21)C1C=Cc2ccccc21. The summed E-state index contributed by atoms with van der Waals surface area (Å²) in [5, 5.41) is 0. The Kier molecular flexibility index (Phi) is 9.56. The van der Waals surface area contributed by atoms with Crippen molar-refractivity contribution in [3.05, 3.63) is 82.9 Å². The number of rotatable bonds is 14. The fourth-order valence-electron chi connectivity index (χ4n) is 5.70. The zero-order chi connectivity index (χ0) is 26.1. The van der Waals surface area contributed by atoms with Gasteiger partial charge in [0.25, 0.3) is 11.2 Å². The summed E-state index contributed by atoms with van der Waals surface area (Å²) in [5.74, 6) is 0. The van der Waals surface area contributed by atoms with Crippen LogP contribution in [0.5, 0.6) is 0 Å². The molecule has 2 atom stereocenters. The van der Waals surface area contributed by atoms with Crippen LogP contribution in [0.15, 0.2) is 60.7 Å². The molecule has 2 aliphatic carbocycles. The summed E-state index contributed by atoms with van der Waals surface area (Å²) >= 11 is 0. The van der Waals surface area contributed by atoms with E-state index in [1.165, 1.54) is 0 Å². The summed E-state index contributed by atoms with van der Waals surface area (Å²) in [6.07, 6.45) is 16.3. The zero-order valence-electron chi connectivity index (χ0n) is 22.3. The number of ether oxygens (including phenoxy) is 2. The van der Waals surface area contributed by atoms with Gasteiger partial charge in [-0.3, -0.25) is 9.59 Å². The van der Waals surface area contributed by atoms with E-state index in [0.717, 1.165) is 73.6 Å². The molecule has 4 nitrogen and oxygen atoms in total. The Morgan fingerprint density at radius 3 is 1.51 bits per heavy atom. The first-order chi connectivity index (χ1) is 18.1. The van der Waals surface area contributed by atoms with Crippen molar-refractivity contribution in [1.82, 2.24) is 0 Å². The van der Waals surface area contributed by atoms with Crippen LogP contribution in [0.2, 0.25) is 0 Å². The Hall–Kier alpha value is -2.92. The molecule has 0 N–H and O–H groups in total. The molecule has 0 radical (unpaired) electrons. The molecule has 2 aromatic carbocycles. The van der Waals surface area contributed by atoms with Crippen LogP contribution in [0.1, 0.15) is 98.6 Å². The second kappa shape index (κ2) is 13.0. The standard InChI is InChI=1S/C32H40O4Si/c1-3-5-7-13-23-35-31(33)37(32(34)36-24-14-8-6-4-2,29-21-19-25-15-9-11-17-27(25)29)30-22-20-26-16-10-12-18-28(26)30/h9-12,15-22,29-30H,3-8,13-14,23-24H2,1-2H3. The van der Waals surface area contributed by atoms with Crippen molar-refractivity contribution in [2.75, 3.05) is 13.2 Å². The second-order valence-electron chi connectivity index (χ2n) is 10.2. The molecule has 0 spiro atoms. The number of carbonyl (C=O) groups is 2. The van der Waals surface area contributed by atoms with Gasteiger partial charge in [0.2, 0.25) is 0 Å². The maximum atomic E-state index is 14.3. The van der Waals surface area contributed by atoms with Crippen molar-refractivity contribution in [2.24, 2.45) is 0 Å². The highest BCUT2D eigenvalue weighted by Gasteiger charge is 2.65. The summed E-state index contributed by atoms with van der Waals surface area (Å²) < 4.78 is 12.1. The van der Waals surface area contributed by atoms with Crippen molar-refractivity contribution >= 4 is 31.4 Å². The number of unbranched alkanes of at least 4 members (excludes halogenated alkanes) is 6. The van der Waals surface area contributed by atoms with E-state index in [4.69, 9.17) is 9.47 Å². The Bertz CT molecular complexity index is 1050. The maximum absolute atomic E-state index is 14.3. The lowest BCUT2D eigenvalue weighted by molar-refractivity contribution is 0.156. The van der Waals surface area contributed by atoms with Crippen molar-refractivity contribution in [3.8, 4) is 0 Å². The largest absolute Gasteiger partial charge is 0.469 e. The molecule has 2 aliphatic rings. The molecule has 0 heterocycles. The zero-order valence-corrected chi connectivity index (χ0v) is 23.3. The van der Waals surface area contributed by atoms with Crippen LogP contribution in [0.25, 0.3) is 12.2 Å². The molecule has 0 amide bonds. The molecule has 4 rings (SSSR count). The van der Waals surface area contributed by atoms with Gasteiger partial charge in [0.1, 0.15) is 0 Å². The van der Waals surface area contributed by atoms with Crippen LogP contribution in [0, 0.1) is 0 Å². The van der Waals surface area contributed by atoms with Gasteiger partial charge in [0.15, 0.2) is 0 Å². The topological polar surface area (TPSA) is 52.6 Å². The van der Waals surface area contributed by atoms with Gasteiger partial charge in [-0.2, -0.15) is 0 Å². The molecule has 2 unspecified atom stereocenters. The third kappa shape index (κ3) is 5.67. The van der Waals surface area contributed by atoms with Crippen LogP contribution >= 0.6 is 0 Å². The third-order valence-electron chi connectivity index (χ3n) is 7.72. The van der Waals surface area contributed by atoms with Gasteiger partial charge < -0.3 is 9.47 Å². The van der Waals surface area contributed by atoms with E-state index in [0.29, 0.717) is 13.2 Å². The second-order valence-corrected chi connectivity index (χ2v) is 14.0. The minimum atomic E-state index is -3.67. The Labute approximate surface area is 222 Å². The van der Waals surface area contributed by atoms with E-state index >= 15 is 0 Å². The first kappa shape index (κ1) is 27.1. The summed E-state index contributed by atoms with van der Waals surface area (Å²) in [4.78, 5) is 28.7. The first-order valence-electron chi connectivity index (χ1n) is 14.0. The van der Waals surface area contributed by atoms with Gasteiger partial charge in [-0.05, 0) is 35.1 Å². The molecule has 5 heteroatoms. The highest BCUT2D eigenvalue weighted by atomic mass is 28.3. The van der Waals surface area contributed by atoms with E-state index in [1.807, 2.05) is 24.3 Å². The van der Waals surface area contributed by atoms with Crippen molar-refractivity contribution in [2.45, 2.75) is 76.3 Å². The fourth-order valence-corrected chi connectivity index (χ4v) is 10.3.